The number of hydrogen-bond acceptors (Lipinski definition) is 1. The van der Waals surface area contributed by atoms with Crippen LogP contribution < -0.4 is 4.74 Å². The smallest absolute Gasteiger partial charge is 0.426 e. The van der Waals surface area contributed by atoms with E-state index >= 15 is 4.39 Å². The molecule has 0 atom stereocenters. The van der Waals surface area contributed by atoms with Crippen molar-refractivity contribution in [3.8, 4) is 39.1 Å². The predicted molar refractivity (Wildman–Crippen MR) is 157 cm³/mol. The lowest BCUT2D eigenvalue weighted by Gasteiger charge is -2.19. The van der Waals surface area contributed by atoms with Gasteiger partial charge in [0.25, 0.3) is 0 Å². The minimum Gasteiger partial charge on any atom is -0.429 e. The van der Waals surface area contributed by atoms with Crippen molar-refractivity contribution >= 4 is 0 Å². The second-order valence-electron chi connectivity index (χ2n) is 10.4. The molecule has 0 N–H and O–H groups in total. The van der Waals surface area contributed by atoms with Crippen LogP contribution in [0.1, 0.15) is 37.3 Å². The van der Waals surface area contributed by atoms with Gasteiger partial charge in [-0.2, -0.15) is 8.78 Å². The summed E-state index contributed by atoms with van der Waals surface area (Å²) in [6.45, 7) is 2.09. The van der Waals surface area contributed by atoms with E-state index in [0.29, 0.717) is 28.8 Å². The summed E-state index contributed by atoms with van der Waals surface area (Å²) in [6.07, 6.45) is 0.251. The van der Waals surface area contributed by atoms with Gasteiger partial charge < -0.3 is 4.74 Å². The molecule has 5 aromatic carbocycles. The van der Waals surface area contributed by atoms with Crippen LogP contribution in [0.5, 0.6) is 5.75 Å². The Hall–Kier alpha value is -4.59. The van der Waals surface area contributed by atoms with E-state index in [2.05, 4.69) is 6.92 Å². The number of ether oxygens (including phenoxy) is 1. The number of halogens is 7. The van der Waals surface area contributed by atoms with Crippen molar-refractivity contribution in [3.05, 3.63) is 137 Å². The lowest BCUT2D eigenvalue weighted by atomic mass is 9.97. The summed E-state index contributed by atoms with van der Waals surface area (Å²) in [5.74, 6) is -6.38. The van der Waals surface area contributed by atoms with Crippen molar-refractivity contribution < 1.29 is 35.5 Å². The third-order valence-corrected chi connectivity index (χ3v) is 7.34. The molecule has 0 heterocycles. The summed E-state index contributed by atoms with van der Waals surface area (Å²) < 4.78 is 105. The molecule has 44 heavy (non-hydrogen) atoms. The molecule has 226 valence electrons. The van der Waals surface area contributed by atoms with E-state index in [1.807, 2.05) is 0 Å². The quantitative estimate of drug-likeness (QED) is 0.0871. The molecule has 0 bridgehead atoms. The van der Waals surface area contributed by atoms with Crippen LogP contribution >= 0.6 is 0 Å². The Morgan fingerprint density at radius 1 is 0.545 bits per heavy atom. The first-order valence-corrected chi connectivity index (χ1v) is 14.1. The number of aryl methyl sites for hydroxylation is 1. The Bertz CT molecular complexity index is 1740. The highest BCUT2D eigenvalue weighted by Gasteiger charge is 2.34. The highest BCUT2D eigenvalue weighted by Crippen LogP contribution is 2.35. The van der Waals surface area contributed by atoms with Crippen LogP contribution in [-0.4, -0.2) is 0 Å². The Balaban J connectivity index is 1.29. The second kappa shape index (κ2) is 13.0. The molecule has 0 aliphatic rings. The fourth-order valence-corrected chi connectivity index (χ4v) is 4.93. The van der Waals surface area contributed by atoms with Gasteiger partial charge in [0.2, 0.25) is 0 Å². The Labute approximate surface area is 250 Å². The van der Waals surface area contributed by atoms with E-state index in [1.165, 1.54) is 36.4 Å². The van der Waals surface area contributed by atoms with Crippen LogP contribution in [0, 0.1) is 29.1 Å². The molecule has 0 radical (unpaired) electrons. The van der Waals surface area contributed by atoms with Crippen LogP contribution in [0.25, 0.3) is 33.4 Å². The maximum Gasteiger partial charge on any atom is 0.426 e. The van der Waals surface area contributed by atoms with E-state index in [-0.39, 0.29) is 28.0 Å². The highest BCUT2D eigenvalue weighted by atomic mass is 19.3. The van der Waals surface area contributed by atoms with E-state index in [4.69, 9.17) is 4.74 Å². The summed E-state index contributed by atoms with van der Waals surface area (Å²) in [6, 6.07) is 21.2. The molecule has 0 saturated carbocycles. The number of alkyl halides is 2. The molecule has 0 saturated heterocycles. The first kappa shape index (κ1) is 30.9. The van der Waals surface area contributed by atoms with Crippen molar-refractivity contribution in [2.75, 3.05) is 0 Å². The molecule has 5 rings (SSSR count). The van der Waals surface area contributed by atoms with Crippen molar-refractivity contribution in [1.29, 1.82) is 0 Å². The summed E-state index contributed by atoms with van der Waals surface area (Å²) >= 11 is 0. The van der Waals surface area contributed by atoms with E-state index in [9.17, 15) is 26.3 Å². The van der Waals surface area contributed by atoms with Crippen LogP contribution in [0.4, 0.5) is 30.7 Å². The topological polar surface area (TPSA) is 9.23 Å². The molecule has 0 aromatic heterocycles. The number of rotatable bonds is 10. The monoisotopic (exact) mass is 608 g/mol. The second-order valence-corrected chi connectivity index (χ2v) is 10.4. The van der Waals surface area contributed by atoms with Crippen LogP contribution in [0.2, 0.25) is 0 Å². The van der Waals surface area contributed by atoms with Crippen molar-refractivity contribution in [3.63, 3.8) is 0 Å². The zero-order chi connectivity index (χ0) is 31.4. The Morgan fingerprint density at radius 2 is 1.09 bits per heavy atom. The largest absolute Gasteiger partial charge is 0.429 e. The third kappa shape index (κ3) is 6.80. The SMILES string of the molecule is CCCCCc1ccc(C(F)(F)Oc2ccc(-c3ccc(-c4ccc(-c5cc(F)c(F)c(F)c5)c(F)c4)cc3)c(F)c2)cc1. The molecular weight excluding hydrogens is 581 g/mol. The predicted octanol–water partition coefficient (Wildman–Crippen LogP) is 11.2. The van der Waals surface area contributed by atoms with E-state index < -0.39 is 35.2 Å². The molecule has 0 aliphatic heterocycles. The van der Waals surface area contributed by atoms with Gasteiger partial charge in [0, 0.05) is 17.2 Å². The van der Waals surface area contributed by atoms with E-state index in [0.717, 1.165) is 43.4 Å². The maximum absolute atomic E-state index is 15.0. The molecule has 5 aromatic rings. The van der Waals surface area contributed by atoms with Crippen LogP contribution in [0.3, 0.4) is 0 Å². The van der Waals surface area contributed by atoms with Gasteiger partial charge in [-0.25, -0.2) is 22.0 Å². The van der Waals surface area contributed by atoms with Crippen molar-refractivity contribution in [1.82, 2.24) is 0 Å². The highest BCUT2D eigenvalue weighted by molar-refractivity contribution is 5.74. The molecule has 1 nitrogen and oxygen atoms in total. The van der Waals surface area contributed by atoms with Gasteiger partial charge in [-0.3, -0.25) is 0 Å². The first-order valence-electron chi connectivity index (χ1n) is 14.1. The molecule has 0 unspecified atom stereocenters. The molecule has 0 spiro atoms. The summed E-state index contributed by atoms with van der Waals surface area (Å²) in [4.78, 5) is 0. The number of unbranched alkanes of at least 4 members (excludes halogenated alkanes) is 2. The van der Waals surface area contributed by atoms with Gasteiger partial charge in [-0.05, 0) is 83.1 Å². The molecule has 0 aliphatic carbocycles. The summed E-state index contributed by atoms with van der Waals surface area (Å²) in [5.41, 5.74) is 1.93. The molecule has 0 amide bonds. The zero-order valence-electron chi connectivity index (χ0n) is 23.6. The number of hydrogen-bond donors (Lipinski definition) is 0. The van der Waals surface area contributed by atoms with Gasteiger partial charge in [0.15, 0.2) is 17.5 Å². The molecule has 0 fully saturated rings. The Kier molecular flexibility index (Phi) is 9.09. The van der Waals surface area contributed by atoms with Crippen LogP contribution in [0.15, 0.2) is 97.1 Å². The molecule has 8 heteroatoms. The standard InChI is InChI=1S/C36H27F7O/c1-2-3-4-5-22-6-13-27(14-7-22)36(42,43)44-28-15-17-29(32(38)21-28)24-10-8-23(9-11-24)25-12-16-30(31(37)18-25)26-19-33(39)35(41)34(40)20-26/h6-21H,2-5H2,1H3. The van der Waals surface area contributed by atoms with Crippen molar-refractivity contribution in [2.24, 2.45) is 0 Å². The number of benzene rings is 5. The van der Waals surface area contributed by atoms with E-state index in [1.54, 1.807) is 36.4 Å². The first-order chi connectivity index (χ1) is 21.1. The fraction of sp³-hybridized carbons (Fsp3) is 0.167. The van der Waals surface area contributed by atoms with Gasteiger partial charge in [0.05, 0.1) is 5.56 Å². The van der Waals surface area contributed by atoms with Gasteiger partial charge in [-0.1, -0.05) is 68.3 Å². The van der Waals surface area contributed by atoms with Gasteiger partial charge >= 0.3 is 6.11 Å². The third-order valence-electron chi connectivity index (χ3n) is 7.34. The Morgan fingerprint density at radius 3 is 1.70 bits per heavy atom. The van der Waals surface area contributed by atoms with Gasteiger partial charge in [0.1, 0.15) is 17.4 Å². The fourth-order valence-electron chi connectivity index (χ4n) is 4.93. The maximum atomic E-state index is 15.0. The molecular formula is C36H27F7O. The lowest BCUT2D eigenvalue weighted by Crippen LogP contribution is -2.22. The minimum atomic E-state index is -3.67. The van der Waals surface area contributed by atoms with Gasteiger partial charge in [-0.15, -0.1) is 0 Å². The minimum absolute atomic E-state index is 0.113. The zero-order valence-corrected chi connectivity index (χ0v) is 23.6. The summed E-state index contributed by atoms with van der Waals surface area (Å²) in [5, 5.41) is 0. The van der Waals surface area contributed by atoms with Crippen molar-refractivity contribution in [2.45, 2.75) is 38.7 Å². The summed E-state index contributed by atoms with van der Waals surface area (Å²) in [7, 11) is 0. The van der Waals surface area contributed by atoms with Crippen LogP contribution in [-0.2, 0) is 12.5 Å². The lowest BCUT2D eigenvalue weighted by molar-refractivity contribution is -0.185. The average Bonchev–Trinajstić information content (AvgIpc) is 3.00. The normalized spacial score (nSPS) is 11.5. The average molecular weight is 609 g/mol.